The maximum absolute atomic E-state index is 5.70. The van der Waals surface area contributed by atoms with Gasteiger partial charge in [-0.15, -0.1) is 24.0 Å². The van der Waals surface area contributed by atoms with Crippen molar-refractivity contribution < 1.29 is 9.47 Å². The molecule has 2 fully saturated rings. The van der Waals surface area contributed by atoms with Gasteiger partial charge in [-0.25, -0.2) is 0 Å². The Morgan fingerprint density at radius 3 is 2.59 bits per heavy atom. The molecule has 1 aliphatic heterocycles. The molecule has 0 amide bonds. The maximum atomic E-state index is 5.70. The van der Waals surface area contributed by atoms with Crippen molar-refractivity contribution >= 4 is 29.9 Å². The van der Waals surface area contributed by atoms with E-state index in [2.05, 4.69) is 36.3 Å². The van der Waals surface area contributed by atoms with E-state index in [1.54, 1.807) is 0 Å². The minimum Gasteiger partial charge on any atom is -0.381 e. The summed E-state index contributed by atoms with van der Waals surface area (Å²) in [6, 6.07) is 0.497. The highest BCUT2D eigenvalue weighted by Gasteiger charge is 2.22. The second-order valence-electron chi connectivity index (χ2n) is 7.95. The first-order valence-corrected chi connectivity index (χ1v) is 10.6. The van der Waals surface area contributed by atoms with E-state index in [0.29, 0.717) is 12.0 Å². The first kappa shape index (κ1) is 24.9. The molecule has 2 N–H and O–H groups in total. The number of rotatable bonds is 12. The fourth-order valence-electron chi connectivity index (χ4n) is 3.28. The Kier molecular flexibility index (Phi) is 13.7. The molecular weight excluding hydrogens is 455 g/mol. The van der Waals surface area contributed by atoms with Crippen molar-refractivity contribution in [3.63, 3.8) is 0 Å². The van der Waals surface area contributed by atoms with E-state index < -0.39 is 0 Å². The number of nitrogens with one attached hydrogen (secondary N) is 2. The van der Waals surface area contributed by atoms with Crippen LogP contribution >= 0.6 is 24.0 Å². The van der Waals surface area contributed by atoms with Crippen LogP contribution < -0.4 is 10.6 Å². The molecule has 1 aliphatic carbocycles. The molecular formula is C20H41IN4O2. The normalized spacial score (nSPS) is 19.6. The lowest BCUT2D eigenvalue weighted by molar-refractivity contribution is 0.0143. The lowest BCUT2D eigenvalue weighted by Gasteiger charge is -2.34. The minimum absolute atomic E-state index is 0. The molecule has 6 nitrogen and oxygen atoms in total. The van der Waals surface area contributed by atoms with Crippen LogP contribution in [0, 0.1) is 11.8 Å². The molecule has 0 aromatic rings. The molecule has 1 saturated carbocycles. The second kappa shape index (κ2) is 14.8. The molecule has 7 heteroatoms. The van der Waals surface area contributed by atoms with Gasteiger partial charge in [0.25, 0.3) is 0 Å². The van der Waals surface area contributed by atoms with Crippen LogP contribution in [0.5, 0.6) is 0 Å². The van der Waals surface area contributed by atoms with Gasteiger partial charge >= 0.3 is 0 Å². The quantitative estimate of drug-likeness (QED) is 0.188. The lowest BCUT2D eigenvalue weighted by Crippen LogP contribution is -2.46. The Morgan fingerprint density at radius 1 is 1.22 bits per heavy atom. The van der Waals surface area contributed by atoms with Crippen LogP contribution in [0.2, 0.25) is 0 Å². The predicted molar refractivity (Wildman–Crippen MR) is 123 cm³/mol. The topological polar surface area (TPSA) is 58.1 Å². The highest BCUT2D eigenvalue weighted by molar-refractivity contribution is 14.0. The molecule has 0 aromatic carbocycles. The van der Waals surface area contributed by atoms with Crippen molar-refractivity contribution in [2.75, 3.05) is 59.2 Å². The van der Waals surface area contributed by atoms with Crippen molar-refractivity contribution in [2.24, 2.45) is 16.8 Å². The molecule has 27 heavy (non-hydrogen) atoms. The number of morpholine rings is 1. The fourth-order valence-corrected chi connectivity index (χ4v) is 3.28. The predicted octanol–water partition coefficient (Wildman–Crippen LogP) is 2.72. The van der Waals surface area contributed by atoms with Crippen LogP contribution in [0.15, 0.2) is 4.99 Å². The summed E-state index contributed by atoms with van der Waals surface area (Å²) in [7, 11) is 0. The van der Waals surface area contributed by atoms with Crippen molar-refractivity contribution in [1.82, 2.24) is 15.5 Å². The summed E-state index contributed by atoms with van der Waals surface area (Å²) >= 11 is 0. The van der Waals surface area contributed by atoms with Crippen molar-refractivity contribution in [1.29, 1.82) is 0 Å². The van der Waals surface area contributed by atoms with E-state index >= 15 is 0 Å². The molecule has 0 bridgehead atoms. The number of guanidine groups is 1. The molecule has 1 unspecified atom stereocenters. The zero-order chi connectivity index (χ0) is 18.6. The van der Waals surface area contributed by atoms with E-state index in [4.69, 9.17) is 14.5 Å². The Bertz CT molecular complexity index is 399. The largest absolute Gasteiger partial charge is 0.381 e. The summed E-state index contributed by atoms with van der Waals surface area (Å²) in [6.07, 6.45) is 4.92. The molecule has 1 heterocycles. The van der Waals surface area contributed by atoms with Gasteiger partial charge in [0.1, 0.15) is 0 Å². The Morgan fingerprint density at radius 2 is 1.96 bits per heavy atom. The lowest BCUT2D eigenvalue weighted by atomic mass is 10.0. The molecule has 2 aliphatic rings. The summed E-state index contributed by atoms with van der Waals surface area (Å²) in [4.78, 5) is 7.41. The van der Waals surface area contributed by atoms with Crippen LogP contribution in [0.1, 0.15) is 46.5 Å². The van der Waals surface area contributed by atoms with Crippen LogP contribution in [0.3, 0.4) is 0 Å². The number of nitrogens with zero attached hydrogens (tertiary/aromatic N) is 2. The third-order valence-electron chi connectivity index (χ3n) is 4.92. The highest BCUT2D eigenvalue weighted by Crippen LogP contribution is 2.28. The van der Waals surface area contributed by atoms with E-state index in [9.17, 15) is 0 Å². The van der Waals surface area contributed by atoms with E-state index in [-0.39, 0.29) is 24.0 Å². The van der Waals surface area contributed by atoms with E-state index in [0.717, 1.165) is 77.4 Å². The van der Waals surface area contributed by atoms with Crippen molar-refractivity contribution in [2.45, 2.75) is 52.5 Å². The first-order valence-electron chi connectivity index (χ1n) is 10.6. The third-order valence-corrected chi connectivity index (χ3v) is 4.92. The smallest absolute Gasteiger partial charge is 0.191 e. The maximum Gasteiger partial charge on any atom is 0.191 e. The summed E-state index contributed by atoms with van der Waals surface area (Å²) in [6.45, 7) is 14.9. The van der Waals surface area contributed by atoms with Gasteiger partial charge in [0.05, 0.1) is 19.8 Å². The summed E-state index contributed by atoms with van der Waals surface area (Å²) in [5.41, 5.74) is 0. The third kappa shape index (κ3) is 11.5. The average molecular weight is 496 g/mol. The van der Waals surface area contributed by atoms with Gasteiger partial charge in [-0.1, -0.05) is 13.8 Å². The Labute approximate surface area is 183 Å². The Hall–Kier alpha value is -0.120. The molecule has 1 saturated heterocycles. The summed E-state index contributed by atoms with van der Waals surface area (Å²) in [5.74, 6) is 2.45. The van der Waals surface area contributed by atoms with Crippen molar-refractivity contribution in [3.8, 4) is 0 Å². The zero-order valence-corrected chi connectivity index (χ0v) is 19.9. The molecule has 0 radical (unpaired) electrons. The molecule has 160 valence electrons. The van der Waals surface area contributed by atoms with Gasteiger partial charge in [0.2, 0.25) is 0 Å². The fraction of sp³-hybridized carbons (Fsp3) is 0.950. The van der Waals surface area contributed by atoms with Gasteiger partial charge in [-0.05, 0) is 44.4 Å². The average Bonchev–Trinajstić information content (AvgIpc) is 3.46. The first-order chi connectivity index (χ1) is 12.7. The van der Waals surface area contributed by atoms with Crippen molar-refractivity contribution in [3.05, 3.63) is 0 Å². The van der Waals surface area contributed by atoms with E-state index in [1.807, 2.05) is 0 Å². The number of aliphatic imine (C=N–C) groups is 1. The standard InChI is InChI=1S/C20H40N4O2.HI/c1-4-21-20(22-8-5-11-26-16-18-6-7-18)23-15-19(14-17(2)3)24-9-12-25-13-10-24;/h17-19H,4-16H2,1-3H3,(H2,21,22,23);1H. The van der Waals surface area contributed by atoms with E-state index in [1.165, 1.54) is 19.3 Å². The van der Waals surface area contributed by atoms with Crippen LogP contribution in [0.25, 0.3) is 0 Å². The Balaban J connectivity index is 0.00000364. The number of hydrogen-bond donors (Lipinski definition) is 2. The van der Waals surface area contributed by atoms with Crippen LogP contribution in [-0.4, -0.2) is 76.1 Å². The molecule has 0 aromatic heterocycles. The molecule has 2 rings (SSSR count). The summed E-state index contributed by atoms with van der Waals surface area (Å²) < 4.78 is 11.2. The molecule has 0 spiro atoms. The van der Waals surface area contributed by atoms with Crippen LogP contribution in [0.4, 0.5) is 0 Å². The highest BCUT2D eigenvalue weighted by atomic mass is 127. The van der Waals surface area contributed by atoms with Gasteiger partial charge in [0, 0.05) is 45.4 Å². The van der Waals surface area contributed by atoms with Gasteiger partial charge in [-0.3, -0.25) is 9.89 Å². The van der Waals surface area contributed by atoms with Gasteiger partial charge in [0.15, 0.2) is 5.96 Å². The minimum atomic E-state index is 0. The summed E-state index contributed by atoms with van der Waals surface area (Å²) in [5, 5.41) is 6.82. The monoisotopic (exact) mass is 496 g/mol. The number of halogens is 1. The SMILES string of the molecule is CCNC(=NCC(CC(C)C)N1CCOCC1)NCCCOCC1CC1.I. The zero-order valence-electron chi connectivity index (χ0n) is 17.5. The van der Waals surface area contributed by atoms with Gasteiger partial charge in [-0.2, -0.15) is 0 Å². The number of hydrogen-bond acceptors (Lipinski definition) is 4. The number of ether oxygens (including phenoxy) is 2. The van der Waals surface area contributed by atoms with Crippen LogP contribution in [-0.2, 0) is 9.47 Å². The second-order valence-corrected chi connectivity index (χ2v) is 7.95. The molecule has 1 atom stereocenters. The van der Waals surface area contributed by atoms with Gasteiger partial charge < -0.3 is 20.1 Å².